The van der Waals surface area contributed by atoms with Gasteiger partial charge in [-0.2, -0.15) is 0 Å². The summed E-state index contributed by atoms with van der Waals surface area (Å²) >= 11 is 0. The number of aryl methyl sites for hydroxylation is 2. The average molecular weight is 225 g/mol. The Morgan fingerprint density at radius 3 is 2.56 bits per heavy atom. The van der Waals surface area contributed by atoms with E-state index in [-0.39, 0.29) is 6.61 Å². The molecule has 1 aromatic heterocycles. The fourth-order valence-corrected chi connectivity index (χ4v) is 1.89. The van der Waals surface area contributed by atoms with Crippen LogP contribution in [0.25, 0.3) is 0 Å². The van der Waals surface area contributed by atoms with E-state index in [1.54, 1.807) is 0 Å². The molecule has 0 saturated heterocycles. The van der Waals surface area contributed by atoms with Crippen LogP contribution in [0.15, 0.2) is 10.5 Å². The fraction of sp³-hybridized carbons (Fsp3) is 0.692. The Hall–Kier alpha value is -0.800. The molecule has 0 aliphatic rings. The van der Waals surface area contributed by atoms with Crippen molar-refractivity contribution in [3.05, 3.63) is 23.2 Å². The lowest BCUT2D eigenvalue weighted by molar-refractivity contribution is 0.258. The topological polar surface area (TPSA) is 45.4 Å². The van der Waals surface area contributed by atoms with Crippen LogP contribution in [0.5, 0.6) is 0 Å². The SMILES string of the molecule is Cc1cc(C(C)NCC(C)CCO)c(C)o1. The van der Waals surface area contributed by atoms with Crippen LogP contribution in [-0.2, 0) is 0 Å². The normalized spacial score (nSPS) is 15.1. The number of aliphatic hydroxyl groups is 1. The van der Waals surface area contributed by atoms with E-state index in [1.807, 2.05) is 13.8 Å². The minimum atomic E-state index is 0.265. The Balaban J connectivity index is 2.46. The van der Waals surface area contributed by atoms with Gasteiger partial charge in [-0.25, -0.2) is 0 Å². The lowest BCUT2D eigenvalue weighted by Gasteiger charge is -2.16. The first kappa shape index (κ1) is 13.3. The molecule has 0 aromatic carbocycles. The summed E-state index contributed by atoms with van der Waals surface area (Å²) in [5.74, 6) is 2.46. The molecule has 1 rings (SSSR count). The van der Waals surface area contributed by atoms with E-state index in [4.69, 9.17) is 9.52 Å². The molecule has 0 radical (unpaired) electrons. The summed E-state index contributed by atoms with van der Waals surface area (Å²) in [5.41, 5.74) is 1.23. The number of aliphatic hydroxyl groups excluding tert-OH is 1. The van der Waals surface area contributed by atoms with E-state index >= 15 is 0 Å². The zero-order valence-corrected chi connectivity index (χ0v) is 10.7. The Bertz CT molecular complexity index is 320. The molecule has 2 N–H and O–H groups in total. The van der Waals surface area contributed by atoms with E-state index in [0.717, 1.165) is 24.5 Å². The molecule has 2 unspecified atom stereocenters. The van der Waals surface area contributed by atoms with Crippen molar-refractivity contribution in [2.75, 3.05) is 13.2 Å². The molecule has 0 saturated carbocycles. The second-order valence-corrected chi connectivity index (χ2v) is 4.62. The van der Waals surface area contributed by atoms with Gasteiger partial charge in [0.25, 0.3) is 0 Å². The third-order valence-corrected chi connectivity index (χ3v) is 2.94. The molecule has 1 aromatic rings. The van der Waals surface area contributed by atoms with Gasteiger partial charge in [0.2, 0.25) is 0 Å². The van der Waals surface area contributed by atoms with Crippen LogP contribution in [0, 0.1) is 19.8 Å². The van der Waals surface area contributed by atoms with Crippen molar-refractivity contribution in [2.24, 2.45) is 5.92 Å². The van der Waals surface area contributed by atoms with Crippen LogP contribution in [0.1, 0.15) is 43.4 Å². The highest BCUT2D eigenvalue weighted by atomic mass is 16.3. The summed E-state index contributed by atoms with van der Waals surface area (Å²) in [6, 6.07) is 2.39. The first-order chi connectivity index (χ1) is 7.54. The molecule has 0 fully saturated rings. The Morgan fingerprint density at radius 2 is 2.06 bits per heavy atom. The molecule has 1 heterocycles. The van der Waals surface area contributed by atoms with E-state index < -0.39 is 0 Å². The van der Waals surface area contributed by atoms with Crippen molar-refractivity contribution in [1.82, 2.24) is 5.32 Å². The average Bonchev–Trinajstić information content (AvgIpc) is 2.55. The van der Waals surface area contributed by atoms with Crippen molar-refractivity contribution in [1.29, 1.82) is 0 Å². The molecule has 92 valence electrons. The maximum absolute atomic E-state index is 8.82. The zero-order chi connectivity index (χ0) is 12.1. The molecule has 16 heavy (non-hydrogen) atoms. The molecule has 0 amide bonds. The lowest BCUT2D eigenvalue weighted by Crippen LogP contribution is -2.25. The minimum absolute atomic E-state index is 0.265. The molecule has 0 aliphatic heterocycles. The summed E-state index contributed by atoms with van der Waals surface area (Å²) in [6.07, 6.45) is 0.850. The van der Waals surface area contributed by atoms with Crippen molar-refractivity contribution in [2.45, 2.75) is 40.2 Å². The van der Waals surface area contributed by atoms with Crippen LogP contribution < -0.4 is 5.32 Å². The Morgan fingerprint density at radius 1 is 1.38 bits per heavy atom. The van der Waals surface area contributed by atoms with Crippen LogP contribution >= 0.6 is 0 Å². The zero-order valence-electron chi connectivity index (χ0n) is 10.7. The summed E-state index contributed by atoms with van der Waals surface area (Å²) in [4.78, 5) is 0. The first-order valence-electron chi connectivity index (χ1n) is 5.95. The van der Waals surface area contributed by atoms with Gasteiger partial charge in [-0.05, 0) is 45.7 Å². The van der Waals surface area contributed by atoms with Gasteiger partial charge in [-0.15, -0.1) is 0 Å². The highest BCUT2D eigenvalue weighted by Crippen LogP contribution is 2.21. The van der Waals surface area contributed by atoms with Gasteiger partial charge in [0.15, 0.2) is 0 Å². The second-order valence-electron chi connectivity index (χ2n) is 4.62. The predicted octanol–water partition coefficient (Wildman–Crippen LogP) is 2.57. The fourth-order valence-electron chi connectivity index (χ4n) is 1.89. The molecule has 0 spiro atoms. The number of nitrogens with one attached hydrogen (secondary N) is 1. The maximum Gasteiger partial charge on any atom is 0.105 e. The molecule has 0 bridgehead atoms. The van der Waals surface area contributed by atoms with E-state index in [0.29, 0.717) is 12.0 Å². The Labute approximate surface area is 97.9 Å². The van der Waals surface area contributed by atoms with E-state index in [2.05, 4.69) is 25.2 Å². The molecular weight excluding hydrogens is 202 g/mol. The van der Waals surface area contributed by atoms with E-state index in [9.17, 15) is 0 Å². The first-order valence-corrected chi connectivity index (χ1v) is 5.95. The molecule has 3 heteroatoms. The highest BCUT2D eigenvalue weighted by Gasteiger charge is 2.12. The lowest BCUT2D eigenvalue weighted by atomic mass is 10.1. The summed E-state index contributed by atoms with van der Waals surface area (Å²) in [7, 11) is 0. The third kappa shape index (κ3) is 3.65. The molecule has 0 aliphatic carbocycles. The van der Waals surface area contributed by atoms with Gasteiger partial charge < -0.3 is 14.8 Å². The monoisotopic (exact) mass is 225 g/mol. The highest BCUT2D eigenvalue weighted by molar-refractivity contribution is 5.23. The number of hydrogen-bond acceptors (Lipinski definition) is 3. The van der Waals surface area contributed by atoms with Crippen molar-refractivity contribution in [3.63, 3.8) is 0 Å². The van der Waals surface area contributed by atoms with Crippen LogP contribution in [0.2, 0.25) is 0 Å². The van der Waals surface area contributed by atoms with Crippen LogP contribution in [-0.4, -0.2) is 18.3 Å². The standard InChI is InChI=1S/C13H23NO2/c1-9(5-6-15)8-14-11(3)13-7-10(2)16-12(13)4/h7,9,11,14-15H,5-6,8H2,1-4H3. The van der Waals surface area contributed by atoms with Gasteiger partial charge in [0, 0.05) is 18.2 Å². The van der Waals surface area contributed by atoms with Gasteiger partial charge in [-0.3, -0.25) is 0 Å². The number of furan rings is 1. The van der Waals surface area contributed by atoms with Gasteiger partial charge in [0.1, 0.15) is 11.5 Å². The molecule has 3 nitrogen and oxygen atoms in total. The molecule has 2 atom stereocenters. The van der Waals surface area contributed by atoms with Crippen LogP contribution in [0.4, 0.5) is 0 Å². The van der Waals surface area contributed by atoms with E-state index in [1.165, 1.54) is 5.56 Å². The number of rotatable bonds is 6. The second kappa shape index (κ2) is 6.06. The summed E-state index contributed by atoms with van der Waals surface area (Å²) in [5, 5.41) is 12.3. The minimum Gasteiger partial charge on any atom is -0.466 e. The van der Waals surface area contributed by atoms with Gasteiger partial charge in [0.05, 0.1) is 0 Å². The Kier molecular flexibility index (Phi) is 5.03. The summed E-state index contributed by atoms with van der Waals surface area (Å²) < 4.78 is 5.51. The quantitative estimate of drug-likeness (QED) is 0.782. The smallest absolute Gasteiger partial charge is 0.105 e. The third-order valence-electron chi connectivity index (χ3n) is 2.94. The largest absolute Gasteiger partial charge is 0.466 e. The van der Waals surface area contributed by atoms with Gasteiger partial charge >= 0.3 is 0 Å². The molecular formula is C13H23NO2. The van der Waals surface area contributed by atoms with Gasteiger partial charge in [-0.1, -0.05) is 6.92 Å². The van der Waals surface area contributed by atoms with Crippen molar-refractivity contribution >= 4 is 0 Å². The van der Waals surface area contributed by atoms with Crippen molar-refractivity contribution < 1.29 is 9.52 Å². The summed E-state index contributed by atoms with van der Waals surface area (Å²) in [6.45, 7) is 9.44. The van der Waals surface area contributed by atoms with Crippen LogP contribution in [0.3, 0.4) is 0 Å². The maximum atomic E-state index is 8.82. The predicted molar refractivity (Wildman–Crippen MR) is 65.5 cm³/mol. The number of hydrogen-bond donors (Lipinski definition) is 2. The van der Waals surface area contributed by atoms with Crippen molar-refractivity contribution in [3.8, 4) is 0 Å².